The van der Waals surface area contributed by atoms with Crippen molar-refractivity contribution in [1.82, 2.24) is 0 Å². The van der Waals surface area contributed by atoms with Crippen LogP contribution in [0.25, 0.3) is 28.3 Å². The lowest BCUT2D eigenvalue weighted by molar-refractivity contribution is -0.0836. The third kappa shape index (κ3) is 5.53. The van der Waals surface area contributed by atoms with E-state index in [-0.39, 0.29) is 16.7 Å². The number of unbranched alkanes of at least 4 members (excludes halogenated alkanes) is 1. The van der Waals surface area contributed by atoms with Gasteiger partial charge in [0.1, 0.15) is 5.03 Å². The molecule has 162 valence electrons. The summed E-state index contributed by atoms with van der Waals surface area (Å²) >= 11 is 5.23. The van der Waals surface area contributed by atoms with Crippen LogP contribution in [-0.4, -0.2) is 6.18 Å². The molecule has 0 nitrogen and oxygen atoms in total. The number of hydrogen-bond acceptors (Lipinski definition) is 0. The minimum Gasteiger partial charge on any atom is -0.203 e. The second-order valence-corrected chi connectivity index (χ2v) is 7.61. The zero-order chi connectivity index (χ0) is 22.6. The van der Waals surface area contributed by atoms with E-state index in [9.17, 15) is 22.0 Å². The molecule has 0 radical (unpaired) electrons. The average Bonchev–Trinajstić information content (AvgIpc) is 2.75. The summed E-state index contributed by atoms with van der Waals surface area (Å²) < 4.78 is 67.2. The lowest BCUT2D eigenvalue weighted by atomic mass is 9.97. The Morgan fingerprint density at radius 3 is 1.74 bits per heavy atom. The van der Waals surface area contributed by atoms with E-state index in [1.165, 1.54) is 36.4 Å². The van der Waals surface area contributed by atoms with Crippen molar-refractivity contribution >= 4 is 17.7 Å². The van der Waals surface area contributed by atoms with Crippen LogP contribution in [0.2, 0.25) is 0 Å². The van der Waals surface area contributed by atoms with Crippen molar-refractivity contribution in [3.63, 3.8) is 0 Å². The molecule has 0 amide bonds. The van der Waals surface area contributed by atoms with Crippen LogP contribution in [-0.2, 0) is 6.42 Å². The molecule has 0 aliphatic rings. The van der Waals surface area contributed by atoms with Crippen LogP contribution in [0.1, 0.15) is 30.9 Å². The molecule has 3 aromatic carbocycles. The highest BCUT2D eigenvalue weighted by Gasteiger charge is 2.32. The summed E-state index contributed by atoms with van der Waals surface area (Å²) in [6.07, 6.45) is -0.787. The Morgan fingerprint density at radius 2 is 1.29 bits per heavy atom. The Hall–Kier alpha value is -2.66. The quantitative estimate of drug-likeness (QED) is 0.329. The van der Waals surface area contributed by atoms with Crippen LogP contribution in [0.5, 0.6) is 0 Å². The second-order valence-electron chi connectivity index (χ2n) is 7.20. The van der Waals surface area contributed by atoms with Crippen molar-refractivity contribution in [1.29, 1.82) is 0 Å². The fourth-order valence-corrected chi connectivity index (χ4v) is 3.34. The maximum absolute atomic E-state index is 14.8. The molecule has 0 bridgehead atoms. The van der Waals surface area contributed by atoms with E-state index in [1.54, 1.807) is 12.1 Å². The van der Waals surface area contributed by atoms with Crippen molar-refractivity contribution in [2.75, 3.05) is 0 Å². The highest BCUT2D eigenvalue weighted by atomic mass is 35.5. The predicted octanol–water partition coefficient (Wildman–Crippen LogP) is 8.78. The van der Waals surface area contributed by atoms with Gasteiger partial charge in [0.05, 0.1) is 0 Å². The van der Waals surface area contributed by atoms with Gasteiger partial charge in [-0.25, -0.2) is 8.78 Å². The summed E-state index contributed by atoms with van der Waals surface area (Å²) in [4.78, 5) is 0. The summed E-state index contributed by atoms with van der Waals surface area (Å²) in [7, 11) is 0. The minimum absolute atomic E-state index is 0.0262. The predicted molar refractivity (Wildman–Crippen MR) is 116 cm³/mol. The summed E-state index contributed by atoms with van der Waals surface area (Å²) in [5, 5.41) is -1.26. The van der Waals surface area contributed by atoms with Crippen molar-refractivity contribution in [2.24, 2.45) is 0 Å². The summed E-state index contributed by atoms with van der Waals surface area (Å²) in [5.41, 5.74) is 2.44. The van der Waals surface area contributed by atoms with Gasteiger partial charge in [-0.2, -0.15) is 13.2 Å². The molecule has 0 spiro atoms. The molecule has 0 atom stereocenters. The van der Waals surface area contributed by atoms with Crippen molar-refractivity contribution in [3.8, 4) is 22.3 Å². The fourth-order valence-electron chi connectivity index (χ4n) is 3.21. The Morgan fingerprint density at radius 1 is 0.806 bits per heavy atom. The maximum Gasteiger partial charge on any atom is 0.426 e. The molecule has 0 heterocycles. The molecule has 0 unspecified atom stereocenters. The van der Waals surface area contributed by atoms with Crippen LogP contribution >= 0.6 is 11.6 Å². The molecule has 0 N–H and O–H groups in total. The molecule has 3 aromatic rings. The van der Waals surface area contributed by atoms with E-state index in [1.807, 2.05) is 12.1 Å². The molecule has 31 heavy (non-hydrogen) atoms. The van der Waals surface area contributed by atoms with Crippen molar-refractivity contribution in [2.45, 2.75) is 32.4 Å². The summed E-state index contributed by atoms with van der Waals surface area (Å²) in [6, 6.07) is 15.9. The number of alkyl halides is 3. The summed E-state index contributed by atoms with van der Waals surface area (Å²) in [6.45, 7) is 2.11. The number of rotatable bonds is 6. The number of aryl methyl sites for hydroxylation is 1. The smallest absolute Gasteiger partial charge is 0.203 e. The van der Waals surface area contributed by atoms with E-state index < -0.39 is 22.8 Å². The third-order valence-electron chi connectivity index (χ3n) is 4.95. The van der Waals surface area contributed by atoms with Gasteiger partial charge in [-0.15, -0.1) is 0 Å². The largest absolute Gasteiger partial charge is 0.426 e. The van der Waals surface area contributed by atoms with E-state index >= 15 is 0 Å². The standard InChI is InChI=1S/C25H20ClF5/c1-2-3-4-16-5-9-18(10-6-16)20-13-14-21(24(28)23(20)27)19-11-7-17(8-12-19)15-22(26)25(29,30)31/h5-15H,2-4H2,1H3/b22-15-. The van der Waals surface area contributed by atoms with Gasteiger partial charge in [0, 0.05) is 11.1 Å². The molecule has 0 aliphatic carbocycles. The molecule has 6 heteroatoms. The number of allylic oxidation sites excluding steroid dienone is 1. The molecule has 3 rings (SSSR count). The Labute approximate surface area is 183 Å². The van der Waals surface area contributed by atoms with Gasteiger partial charge >= 0.3 is 6.18 Å². The SMILES string of the molecule is CCCCc1ccc(-c2ccc(-c3ccc(/C=C(\Cl)C(F)(F)F)cc3)c(F)c2F)cc1. The topological polar surface area (TPSA) is 0 Å². The number of hydrogen-bond donors (Lipinski definition) is 0. The molecule has 0 aromatic heterocycles. The fraction of sp³-hybridized carbons (Fsp3) is 0.200. The van der Waals surface area contributed by atoms with Gasteiger partial charge in [0.2, 0.25) is 0 Å². The van der Waals surface area contributed by atoms with E-state index in [2.05, 4.69) is 6.92 Å². The molecular formula is C25H20ClF5. The maximum atomic E-state index is 14.8. The van der Waals surface area contributed by atoms with Gasteiger partial charge in [-0.1, -0.05) is 85.6 Å². The van der Waals surface area contributed by atoms with Gasteiger partial charge in [0.25, 0.3) is 0 Å². The van der Waals surface area contributed by atoms with Gasteiger partial charge < -0.3 is 0 Å². The van der Waals surface area contributed by atoms with E-state index in [0.29, 0.717) is 11.1 Å². The van der Waals surface area contributed by atoms with Crippen molar-refractivity contribution < 1.29 is 22.0 Å². The number of halogens is 6. The third-order valence-corrected chi connectivity index (χ3v) is 5.28. The Balaban J connectivity index is 1.87. The zero-order valence-corrected chi connectivity index (χ0v) is 17.5. The van der Waals surface area contributed by atoms with E-state index in [0.717, 1.165) is 30.9 Å². The molecule has 0 saturated heterocycles. The molecule has 0 aliphatic heterocycles. The first-order valence-corrected chi connectivity index (χ1v) is 10.2. The van der Waals surface area contributed by atoms with Crippen LogP contribution in [0.4, 0.5) is 22.0 Å². The first kappa shape index (κ1) is 23.0. The first-order valence-electron chi connectivity index (χ1n) is 9.83. The minimum atomic E-state index is -4.64. The average molecular weight is 451 g/mol. The highest BCUT2D eigenvalue weighted by Crippen LogP contribution is 2.33. The zero-order valence-electron chi connectivity index (χ0n) is 16.7. The second kappa shape index (κ2) is 9.65. The number of benzene rings is 3. The first-order chi connectivity index (χ1) is 14.7. The lowest BCUT2D eigenvalue weighted by Gasteiger charge is -2.10. The Kier molecular flexibility index (Phi) is 7.16. The molecular weight excluding hydrogens is 431 g/mol. The lowest BCUT2D eigenvalue weighted by Crippen LogP contribution is -2.06. The monoisotopic (exact) mass is 450 g/mol. The van der Waals surface area contributed by atoms with Crippen molar-refractivity contribution in [3.05, 3.63) is 88.5 Å². The van der Waals surface area contributed by atoms with Gasteiger partial charge in [0.15, 0.2) is 11.6 Å². The molecule has 0 fully saturated rings. The highest BCUT2D eigenvalue weighted by molar-refractivity contribution is 6.32. The van der Waals surface area contributed by atoms with Crippen LogP contribution < -0.4 is 0 Å². The van der Waals surface area contributed by atoms with Gasteiger partial charge in [-0.3, -0.25) is 0 Å². The normalized spacial score (nSPS) is 12.3. The summed E-state index contributed by atoms with van der Waals surface area (Å²) in [5.74, 6) is -1.98. The van der Waals surface area contributed by atoms with Crippen LogP contribution in [0.15, 0.2) is 65.7 Å². The Bertz CT molecular complexity index is 1060. The van der Waals surface area contributed by atoms with E-state index in [4.69, 9.17) is 11.6 Å². The van der Waals surface area contributed by atoms with Crippen LogP contribution in [0, 0.1) is 11.6 Å². The molecule has 0 saturated carbocycles. The van der Waals surface area contributed by atoms with Crippen LogP contribution in [0.3, 0.4) is 0 Å². The van der Waals surface area contributed by atoms with Gasteiger partial charge in [-0.05, 0) is 41.2 Å².